The van der Waals surface area contributed by atoms with E-state index >= 15 is 0 Å². The van der Waals surface area contributed by atoms with Crippen molar-refractivity contribution in [3.8, 4) is 0 Å². The fourth-order valence-corrected chi connectivity index (χ4v) is 4.52. The maximum Gasteiger partial charge on any atom is 0.407 e. The summed E-state index contributed by atoms with van der Waals surface area (Å²) in [7, 11) is 1.72. The van der Waals surface area contributed by atoms with Crippen molar-refractivity contribution in [3.05, 3.63) is 88.2 Å². The van der Waals surface area contributed by atoms with Crippen molar-refractivity contribution < 1.29 is 19.1 Å². The standard InChI is InChI=1S/C28H32BrN5O4/c1-37-16-15-33-11-13-34(14-12-33)26-9-6-23(29)17-25(26)27(35)32-24-7-4-21(5-8-24)19-31-28(36)38-20-22-3-2-10-30-18-22/h2-10,17-18H,11-16,19-20H2,1H3,(H,31,36)(H,32,35). The van der Waals surface area contributed by atoms with Crippen LogP contribution in [0.3, 0.4) is 0 Å². The number of hydrogen-bond donors (Lipinski definition) is 2. The first-order chi connectivity index (χ1) is 18.5. The second kappa shape index (κ2) is 13.9. The highest BCUT2D eigenvalue weighted by Gasteiger charge is 2.22. The fourth-order valence-electron chi connectivity index (χ4n) is 4.16. The van der Waals surface area contributed by atoms with Gasteiger partial charge in [-0.3, -0.25) is 14.7 Å². The van der Waals surface area contributed by atoms with Crippen molar-refractivity contribution in [2.24, 2.45) is 0 Å². The van der Waals surface area contributed by atoms with E-state index in [1.807, 2.05) is 48.5 Å². The first kappa shape index (κ1) is 27.6. The molecule has 0 bridgehead atoms. The summed E-state index contributed by atoms with van der Waals surface area (Å²) in [5, 5.41) is 5.73. The number of hydrogen-bond acceptors (Lipinski definition) is 7. The Morgan fingerprint density at radius 3 is 2.53 bits per heavy atom. The third-order valence-corrected chi connectivity index (χ3v) is 6.76. The number of methoxy groups -OCH3 is 1. The number of piperazine rings is 1. The zero-order valence-electron chi connectivity index (χ0n) is 21.4. The number of nitrogens with zero attached hydrogens (tertiary/aromatic N) is 3. The Labute approximate surface area is 231 Å². The Bertz CT molecular complexity index is 1200. The molecule has 1 saturated heterocycles. The van der Waals surface area contributed by atoms with Crippen LogP contribution in [0.15, 0.2) is 71.5 Å². The minimum atomic E-state index is -0.507. The lowest BCUT2D eigenvalue weighted by atomic mass is 10.1. The molecule has 9 nitrogen and oxygen atoms in total. The second-order valence-electron chi connectivity index (χ2n) is 8.92. The van der Waals surface area contributed by atoms with Crippen LogP contribution in [0.25, 0.3) is 0 Å². The molecule has 0 radical (unpaired) electrons. The number of halogens is 1. The van der Waals surface area contributed by atoms with E-state index in [1.165, 1.54) is 0 Å². The molecule has 1 aromatic heterocycles. The van der Waals surface area contributed by atoms with E-state index < -0.39 is 6.09 Å². The van der Waals surface area contributed by atoms with Crippen LogP contribution < -0.4 is 15.5 Å². The molecule has 1 aliphatic heterocycles. The Morgan fingerprint density at radius 2 is 1.82 bits per heavy atom. The van der Waals surface area contributed by atoms with Crippen LogP contribution in [0.5, 0.6) is 0 Å². The number of aromatic nitrogens is 1. The van der Waals surface area contributed by atoms with Crippen molar-refractivity contribution in [1.82, 2.24) is 15.2 Å². The highest BCUT2D eigenvalue weighted by Crippen LogP contribution is 2.27. The summed E-state index contributed by atoms with van der Waals surface area (Å²) in [6, 6.07) is 16.8. The first-order valence-electron chi connectivity index (χ1n) is 12.5. The average Bonchev–Trinajstić information content (AvgIpc) is 2.95. The van der Waals surface area contributed by atoms with Crippen molar-refractivity contribution >= 4 is 39.3 Å². The fraction of sp³-hybridized carbons (Fsp3) is 0.321. The van der Waals surface area contributed by atoms with Crippen molar-refractivity contribution in [2.45, 2.75) is 13.2 Å². The van der Waals surface area contributed by atoms with E-state index in [0.717, 1.165) is 60.6 Å². The lowest BCUT2D eigenvalue weighted by Crippen LogP contribution is -2.47. The van der Waals surface area contributed by atoms with Crippen molar-refractivity contribution in [2.75, 3.05) is 56.7 Å². The smallest absolute Gasteiger partial charge is 0.407 e. The Kier molecular flexibility index (Phi) is 10.1. The van der Waals surface area contributed by atoms with E-state index in [0.29, 0.717) is 17.8 Å². The Morgan fingerprint density at radius 1 is 1.03 bits per heavy atom. The minimum absolute atomic E-state index is 0.158. The topological polar surface area (TPSA) is 96.0 Å². The number of nitrogens with one attached hydrogen (secondary N) is 2. The predicted molar refractivity (Wildman–Crippen MR) is 150 cm³/mol. The van der Waals surface area contributed by atoms with Crippen molar-refractivity contribution in [1.29, 1.82) is 0 Å². The van der Waals surface area contributed by atoms with Crippen LogP contribution in [-0.4, -0.2) is 68.3 Å². The summed E-state index contributed by atoms with van der Waals surface area (Å²) in [6.45, 7) is 5.64. The van der Waals surface area contributed by atoms with Gasteiger partial charge in [-0.1, -0.05) is 34.1 Å². The molecule has 2 N–H and O–H groups in total. The van der Waals surface area contributed by atoms with Gasteiger partial charge in [0.05, 0.1) is 12.2 Å². The van der Waals surface area contributed by atoms with Crippen LogP contribution in [0.1, 0.15) is 21.5 Å². The number of amides is 2. The summed E-state index contributed by atoms with van der Waals surface area (Å²) in [5.74, 6) is -0.173. The summed E-state index contributed by atoms with van der Waals surface area (Å²) in [5.41, 5.74) is 3.92. The van der Waals surface area contributed by atoms with E-state index in [2.05, 4.69) is 41.3 Å². The maximum atomic E-state index is 13.3. The van der Waals surface area contributed by atoms with Crippen LogP contribution in [0.2, 0.25) is 0 Å². The van der Waals surface area contributed by atoms with Gasteiger partial charge in [-0.15, -0.1) is 0 Å². The number of carbonyl (C=O) groups is 2. The summed E-state index contributed by atoms with van der Waals surface area (Å²) >= 11 is 3.51. The number of ether oxygens (including phenoxy) is 2. The lowest BCUT2D eigenvalue weighted by Gasteiger charge is -2.36. The van der Waals surface area contributed by atoms with Gasteiger partial charge in [-0.25, -0.2) is 4.79 Å². The quantitative estimate of drug-likeness (QED) is 0.368. The SMILES string of the molecule is COCCN1CCN(c2ccc(Br)cc2C(=O)Nc2ccc(CNC(=O)OCc3cccnc3)cc2)CC1. The molecule has 0 unspecified atom stereocenters. The van der Waals surface area contributed by atoms with Crippen LogP contribution >= 0.6 is 15.9 Å². The van der Waals surface area contributed by atoms with Gasteiger partial charge < -0.3 is 25.0 Å². The van der Waals surface area contributed by atoms with Crippen LogP contribution in [0, 0.1) is 0 Å². The number of pyridine rings is 1. The van der Waals surface area contributed by atoms with Gasteiger partial charge in [0, 0.05) is 80.2 Å². The number of anilines is 2. The molecular weight excluding hydrogens is 550 g/mol. The molecule has 0 spiro atoms. The molecule has 200 valence electrons. The molecule has 2 amide bonds. The van der Waals surface area contributed by atoms with E-state index in [9.17, 15) is 9.59 Å². The highest BCUT2D eigenvalue weighted by atomic mass is 79.9. The van der Waals surface area contributed by atoms with Crippen molar-refractivity contribution in [3.63, 3.8) is 0 Å². The number of rotatable bonds is 10. The second-order valence-corrected chi connectivity index (χ2v) is 9.84. The Balaban J connectivity index is 1.30. The van der Waals surface area contributed by atoms with Gasteiger partial charge in [-0.2, -0.15) is 0 Å². The molecule has 1 fully saturated rings. The van der Waals surface area contributed by atoms with Gasteiger partial charge in [0.1, 0.15) is 6.61 Å². The molecule has 2 aromatic carbocycles. The first-order valence-corrected chi connectivity index (χ1v) is 13.3. The van der Waals surface area contributed by atoms with E-state index in [4.69, 9.17) is 9.47 Å². The zero-order valence-corrected chi connectivity index (χ0v) is 22.9. The molecule has 3 aromatic rings. The summed E-state index contributed by atoms with van der Waals surface area (Å²) in [6.07, 6.45) is 2.82. The molecule has 0 atom stereocenters. The minimum Gasteiger partial charge on any atom is -0.445 e. The van der Waals surface area contributed by atoms with Gasteiger partial charge >= 0.3 is 6.09 Å². The monoisotopic (exact) mass is 581 g/mol. The van der Waals surface area contributed by atoms with Crippen LogP contribution in [-0.2, 0) is 22.6 Å². The highest BCUT2D eigenvalue weighted by molar-refractivity contribution is 9.10. The molecule has 1 aliphatic rings. The molecule has 10 heteroatoms. The number of carbonyl (C=O) groups excluding carboxylic acids is 2. The average molecular weight is 582 g/mol. The van der Waals surface area contributed by atoms with Crippen LogP contribution in [0.4, 0.5) is 16.2 Å². The Hall–Kier alpha value is -3.47. The normalized spacial score (nSPS) is 13.7. The van der Waals surface area contributed by atoms with Gasteiger partial charge in [-0.05, 0) is 42.0 Å². The maximum absolute atomic E-state index is 13.3. The predicted octanol–water partition coefficient (Wildman–Crippen LogP) is 4.29. The molecule has 0 aliphatic carbocycles. The third kappa shape index (κ3) is 8.01. The molecular formula is C28H32BrN5O4. The molecule has 38 heavy (non-hydrogen) atoms. The van der Waals surface area contributed by atoms with Gasteiger partial charge in [0.15, 0.2) is 0 Å². The molecule has 4 rings (SSSR count). The third-order valence-electron chi connectivity index (χ3n) is 6.27. The largest absolute Gasteiger partial charge is 0.445 e. The zero-order chi connectivity index (χ0) is 26.7. The van der Waals surface area contributed by atoms with E-state index in [1.54, 1.807) is 25.6 Å². The summed E-state index contributed by atoms with van der Waals surface area (Å²) in [4.78, 5) is 33.9. The molecule has 0 saturated carbocycles. The van der Waals surface area contributed by atoms with Gasteiger partial charge in [0.2, 0.25) is 0 Å². The van der Waals surface area contributed by atoms with E-state index in [-0.39, 0.29) is 12.5 Å². The summed E-state index contributed by atoms with van der Waals surface area (Å²) < 4.78 is 11.2. The molecule has 2 heterocycles. The van der Waals surface area contributed by atoms with Gasteiger partial charge in [0.25, 0.3) is 5.91 Å². The lowest BCUT2D eigenvalue weighted by molar-refractivity contribution is 0.102. The number of benzene rings is 2. The number of alkyl carbamates (subject to hydrolysis) is 1.